The Morgan fingerprint density at radius 3 is 1.35 bits per heavy atom. The number of rotatable bonds is 21. The molecule has 6 rings (SSSR count). The van der Waals surface area contributed by atoms with Crippen molar-refractivity contribution in [2.75, 3.05) is 14.2 Å². The topological polar surface area (TPSA) is 178 Å². The molecule has 0 aliphatic heterocycles. The molecule has 2 aromatic heterocycles. The van der Waals surface area contributed by atoms with Crippen molar-refractivity contribution in [1.82, 2.24) is 9.97 Å². The molecule has 4 aromatic carbocycles. The van der Waals surface area contributed by atoms with E-state index in [0.29, 0.717) is 0 Å². The van der Waals surface area contributed by atoms with Gasteiger partial charge in [0.05, 0.1) is 36.6 Å². The van der Waals surface area contributed by atoms with Crippen LogP contribution in [0.25, 0.3) is 0 Å². The number of ether oxygens (including phenoxy) is 5. The highest BCUT2D eigenvalue weighted by Gasteiger charge is 2.31. The van der Waals surface area contributed by atoms with Gasteiger partial charge >= 0.3 is 17.9 Å². The van der Waals surface area contributed by atoms with Gasteiger partial charge in [0.2, 0.25) is 5.75 Å². The summed E-state index contributed by atoms with van der Waals surface area (Å²) in [5, 5.41) is 9.91. The number of nitrogens with zero attached hydrogens (tertiary/aromatic N) is 2. The Kier molecular flexibility index (Phi) is 20.8. The second-order valence-corrected chi connectivity index (χ2v) is 19.3. The zero-order valence-electron chi connectivity index (χ0n) is 41.3. The quantitative estimate of drug-likeness (QED) is 0.0409. The number of carbonyl (C=O) groups excluding carboxylic acids is 5. The molecule has 1 N–H and O–H groups in total. The van der Waals surface area contributed by atoms with Crippen molar-refractivity contribution < 1.29 is 52.8 Å². The van der Waals surface area contributed by atoms with Gasteiger partial charge in [0.25, 0.3) is 0 Å². The summed E-state index contributed by atoms with van der Waals surface area (Å²) in [6.07, 6.45) is 1.55. The summed E-state index contributed by atoms with van der Waals surface area (Å²) in [7, 11) is 2.79. The van der Waals surface area contributed by atoms with Crippen molar-refractivity contribution in [2.45, 2.75) is 93.8 Å². The number of Topliss-reactive ketones (excluding diaryl/α,β-unsaturated/α-hetero) is 2. The molecule has 2 heterocycles. The molecule has 0 aliphatic carbocycles. The smallest absolute Gasteiger partial charge is 0.309 e. The molecule has 0 amide bonds. The van der Waals surface area contributed by atoms with Gasteiger partial charge in [0, 0.05) is 54.1 Å². The molecule has 6 aromatic rings. The Morgan fingerprint density at radius 1 is 0.549 bits per heavy atom. The lowest BCUT2D eigenvalue weighted by molar-refractivity contribution is -0.153. The van der Waals surface area contributed by atoms with Crippen LogP contribution in [0.2, 0.25) is 0 Å². The number of hydrogen-bond acceptors (Lipinski definition) is 15. The summed E-state index contributed by atoms with van der Waals surface area (Å²) in [6.45, 7) is 12.3. The zero-order chi connectivity index (χ0) is 51.6. The fourth-order valence-corrected chi connectivity index (χ4v) is 9.44. The van der Waals surface area contributed by atoms with Gasteiger partial charge < -0.3 is 28.8 Å². The first-order valence-electron chi connectivity index (χ1n) is 23.0. The van der Waals surface area contributed by atoms with Crippen LogP contribution in [0.3, 0.4) is 0 Å². The van der Waals surface area contributed by atoms with E-state index in [0.717, 1.165) is 32.0 Å². The second kappa shape index (κ2) is 26.9. The zero-order valence-corrected chi connectivity index (χ0v) is 43.0. The first kappa shape index (κ1) is 55.0. The molecule has 0 radical (unpaired) electrons. The highest BCUT2D eigenvalue weighted by Crippen LogP contribution is 2.41. The van der Waals surface area contributed by atoms with Crippen molar-refractivity contribution in [3.8, 4) is 23.0 Å². The van der Waals surface area contributed by atoms with E-state index < -0.39 is 53.5 Å². The number of hydrogen-bond donors (Lipinski definition) is 1. The number of aryl methyl sites for hydroxylation is 2. The van der Waals surface area contributed by atoms with Crippen LogP contribution in [0, 0.1) is 25.7 Å². The van der Waals surface area contributed by atoms with Gasteiger partial charge in [-0.25, -0.2) is 9.97 Å². The third-order valence-electron chi connectivity index (χ3n) is 11.0. The van der Waals surface area contributed by atoms with Gasteiger partial charge in [-0.1, -0.05) is 110 Å². The standard InChI is InChI=1S/C29H31NO6S.C27H29NO5S/c1-18-11-13-22(14-12-18)28(37-23-9-7-6-8-10-23)20(3)35-29(33)19(2)17-24(32)26-27(36-21(4)31)25(34-5)15-16-30-26;1-17-10-12-20(13-11-17)26(34-21-8-6-5-7-9-21)19(3)33-27(31)18(2)16-22(29)24-25(30)23(32-4)14-15-28-24/h6-16,19-20,28H,17H2,1-5H3;5-15,18-19,26,30H,16H2,1-4H3/t19-,20+,28+;18-,19+,26+/m11/s1. The van der Waals surface area contributed by atoms with Crippen molar-refractivity contribution in [2.24, 2.45) is 11.8 Å². The summed E-state index contributed by atoms with van der Waals surface area (Å²) in [5.74, 6) is -3.98. The fourth-order valence-electron chi connectivity index (χ4n) is 7.15. The Labute approximate surface area is 424 Å². The molecule has 0 saturated heterocycles. The second-order valence-electron chi connectivity index (χ2n) is 16.9. The molecule has 0 spiro atoms. The van der Waals surface area contributed by atoms with E-state index in [1.807, 2.05) is 137 Å². The molecule has 372 valence electrons. The minimum Gasteiger partial charge on any atom is -0.503 e. The van der Waals surface area contributed by atoms with Crippen LogP contribution in [0.15, 0.2) is 144 Å². The van der Waals surface area contributed by atoms with Crippen molar-refractivity contribution >= 4 is 53.0 Å². The minimum absolute atomic E-state index is 0.0601. The van der Waals surface area contributed by atoms with Crippen molar-refractivity contribution in [3.05, 3.63) is 167 Å². The summed E-state index contributed by atoms with van der Waals surface area (Å²) < 4.78 is 27.1. The third kappa shape index (κ3) is 16.0. The first-order chi connectivity index (χ1) is 34.0. The average molecular weight is 1000 g/mol. The number of carbonyl (C=O) groups is 5. The van der Waals surface area contributed by atoms with Crippen LogP contribution in [0.1, 0.15) is 101 Å². The van der Waals surface area contributed by atoms with Crippen LogP contribution in [-0.2, 0) is 23.9 Å². The summed E-state index contributed by atoms with van der Waals surface area (Å²) in [6, 6.07) is 39.1. The maximum absolute atomic E-state index is 13.0. The van der Waals surface area contributed by atoms with E-state index >= 15 is 0 Å². The van der Waals surface area contributed by atoms with E-state index in [1.54, 1.807) is 37.4 Å². The lowest BCUT2D eigenvalue weighted by Gasteiger charge is -2.25. The number of pyridine rings is 2. The van der Waals surface area contributed by atoms with Gasteiger partial charge in [0.1, 0.15) is 12.2 Å². The third-order valence-corrected chi connectivity index (χ3v) is 13.9. The molecule has 13 nitrogen and oxygen atoms in total. The normalized spacial score (nSPS) is 13.4. The number of thioether (sulfide) groups is 2. The number of methoxy groups -OCH3 is 2. The van der Waals surface area contributed by atoms with E-state index in [2.05, 4.69) is 9.97 Å². The molecule has 0 fully saturated rings. The first-order valence-corrected chi connectivity index (χ1v) is 24.7. The molecule has 0 bridgehead atoms. The predicted molar refractivity (Wildman–Crippen MR) is 274 cm³/mol. The lowest BCUT2D eigenvalue weighted by Crippen LogP contribution is -2.26. The van der Waals surface area contributed by atoms with Gasteiger partial charge in [-0.05, 0) is 63.1 Å². The van der Waals surface area contributed by atoms with E-state index in [-0.39, 0.29) is 57.7 Å². The monoisotopic (exact) mass is 1000 g/mol. The van der Waals surface area contributed by atoms with Crippen molar-refractivity contribution in [3.63, 3.8) is 0 Å². The van der Waals surface area contributed by atoms with Gasteiger partial charge in [-0.3, -0.25) is 24.0 Å². The predicted octanol–water partition coefficient (Wildman–Crippen LogP) is 11.8. The molecule has 0 saturated carbocycles. The number of ketones is 2. The van der Waals surface area contributed by atoms with Crippen LogP contribution in [0.4, 0.5) is 0 Å². The van der Waals surface area contributed by atoms with Gasteiger partial charge in [-0.15, -0.1) is 23.5 Å². The molecule has 15 heteroatoms. The fraction of sp³-hybridized carbons (Fsp3) is 0.304. The number of benzene rings is 4. The lowest BCUT2D eigenvalue weighted by atomic mass is 10.0. The molecule has 0 unspecified atom stereocenters. The van der Waals surface area contributed by atoms with E-state index in [4.69, 9.17) is 23.7 Å². The van der Waals surface area contributed by atoms with E-state index in [1.165, 1.54) is 45.7 Å². The van der Waals surface area contributed by atoms with Gasteiger partial charge in [0.15, 0.2) is 40.2 Å². The van der Waals surface area contributed by atoms with Crippen LogP contribution < -0.4 is 14.2 Å². The molecule has 6 atom stereocenters. The Morgan fingerprint density at radius 2 is 0.944 bits per heavy atom. The largest absolute Gasteiger partial charge is 0.503 e. The number of aromatic nitrogens is 2. The summed E-state index contributed by atoms with van der Waals surface area (Å²) >= 11 is 3.24. The Bertz CT molecular complexity index is 2720. The highest BCUT2D eigenvalue weighted by molar-refractivity contribution is 7.99. The average Bonchev–Trinajstić information content (AvgIpc) is 3.36. The van der Waals surface area contributed by atoms with Gasteiger partial charge in [-0.2, -0.15) is 0 Å². The maximum Gasteiger partial charge on any atom is 0.309 e. The number of esters is 3. The Hall–Kier alpha value is -6.97. The molecule has 71 heavy (non-hydrogen) atoms. The minimum atomic E-state index is -0.742. The summed E-state index contributed by atoms with van der Waals surface area (Å²) in [5.41, 5.74) is 4.19. The maximum atomic E-state index is 13.0. The molecule has 0 aliphatic rings. The summed E-state index contributed by atoms with van der Waals surface area (Å²) in [4.78, 5) is 73.3. The van der Waals surface area contributed by atoms with Crippen LogP contribution >= 0.6 is 23.5 Å². The molecular weight excluding hydrogens is 941 g/mol. The highest BCUT2D eigenvalue weighted by atomic mass is 32.2. The van der Waals surface area contributed by atoms with Crippen LogP contribution in [-0.4, -0.2) is 71.0 Å². The SMILES string of the molecule is COc1ccnc(C(=O)C[C@@H](C)C(=O)O[C@@H](C)[C@H](Sc2ccccc2)c2ccc(C)cc2)c1O.COc1ccnc(C(=O)C[C@@H](C)C(=O)O[C@@H](C)[C@H](Sc2ccccc2)c2ccc(C)cc2)c1OC(C)=O. The van der Waals surface area contributed by atoms with E-state index in [9.17, 15) is 29.1 Å². The number of aromatic hydroxyl groups is 1. The van der Waals surface area contributed by atoms with Crippen LogP contribution in [0.5, 0.6) is 23.0 Å². The Balaban J connectivity index is 0.000000265. The van der Waals surface area contributed by atoms with Crippen molar-refractivity contribution in [1.29, 1.82) is 0 Å². The molecular formula is C56H60N2O11S2.